The average molecular weight is 289 g/mol. The highest BCUT2D eigenvalue weighted by Gasteiger charge is 2.18. The van der Waals surface area contributed by atoms with E-state index in [-0.39, 0.29) is 23.9 Å². The maximum atomic E-state index is 12.2. The van der Waals surface area contributed by atoms with Gasteiger partial charge in [-0.3, -0.25) is 14.6 Å². The number of hydrogen-bond donors (Lipinski definition) is 2. The van der Waals surface area contributed by atoms with Crippen molar-refractivity contribution in [2.24, 2.45) is 0 Å². The second-order valence-electron chi connectivity index (χ2n) is 5.90. The van der Waals surface area contributed by atoms with Crippen molar-refractivity contribution in [2.75, 3.05) is 0 Å². The zero-order valence-corrected chi connectivity index (χ0v) is 12.7. The highest BCUT2D eigenvalue weighted by Crippen LogP contribution is 2.17. The first-order valence-electron chi connectivity index (χ1n) is 7.63. The van der Waals surface area contributed by atoms with Crippen molar-refractivity contribution < 1.29 is 9.59 Å². The van der Waals surface area contributed by atoms with Crippen molar-refractivity contribution in [3.05, 3.63) is 29.6 Å². The summed E-state index contributed by atoms with van der Waals surface area (Å²) in [6, 6.07) is 1.90. The van der Waals surface area contributed by atoms with Crippen LogP contribution in [-0.4, -0.2) is 28.9 Å². The number of pyridine rings is 1. The second kappa shape index (κ2) is 7.20. The summed E-state index contributed by atoms with van der Waals surface area (Å²) in [5.74, 6) is -0.349. The summed E-state index contributed by atoms with van der Waals surface area (Å²) in [5, 5.41) is 5.83. The Balaban J connectivity index is 2.02. The molecule has 5 nitrogen and oxygen atoms in total. The summed E-state index contributed by atoms with van der Waals surface area (Å²) >= 11 is 0. The molecule has 1 aromatic heterocycles. The highest BCUT2D eigenvalue weighted by atomic mass is 16.2. The first-order chi connectivity index (χ1) is 10.1. The highest BCUT2D eigenvalue weighted by molar-refractivity contribution is 5.99. The Morgan fingerprint density at radius 3 is 2.33 bits per heavy atom. The smallest absolute Gasteiger partial charge is 0.253 e. The standard InChI is InChI=1S/C16H23N3O2/c1-11(2)18-15(20)12-8-13(10-17-9-12)16(21)19-14-6-4-3-5-7-14/h8-11,14H,3-7H2,1-2H3,(H,18,20)(H,19,21). The molecule has 1 saturated carbocycles. The Morgan fingerprint density at radius 2 is 1.71 bits per heavy atom. The molecule has 0 saturated heterocycles. The third-order valence-electron chi connectivity index (χ3n) is 3.62. The van der Waals surface area contributed by atoms with Gasteiger partial charge >= 0.3 is 0 Å². The molecule has 2 rings (SSSR count). The SMILES string of the molecule is CC(C)NC(=O)c1cncc(C(=O)NC2CCCCC2)c1. The van der Waals surface area contributed by atoms with Gasteiger partial charge in [-0.1, -0.05) is 19.3 Å². The average Bonchev–Trinajstić information content (AvgIpc) is 2.47. The zero-order valence-electron chi connectivity index (χ0n) is 12.7. The largest absolute Gasteiger partial charge is 0.350 e. The Morgan fingerprint density at radius 1 is 1.10 bits per heavy atom. The maximum Gasteiger partial charge on any atom is 0.253 e. The number of nitrogens with zero attached hydrogens (tertiary/aromatic N) is 1. The first-order valence-corrected chi connectivity index (χ1v) is 7.63. The van der Waals surface area contributed by atoms with E-state index in [0.29, 0.717) is 11.1 Å². The Hall–Kier alpha value is -1.91. The Bertz CT molecular complexity index is 508. The summed E-state index contributed by atoms with van der Waals surface area (Å²) < 4.78 is 0. The van der Waals surface area contributed by atoms with Gasteiger partial charge in [-0.15, -0.1) is 0 Å². The lowest BCUT2D eigenvalue weighted by atomic mass is 9.95. The van der Waals surface area contributed by atoms with Crippen LogP contribution in [0.15, 0.2) is 18.5 Å². The van der Waals surface area contributed by atoms with E-state index >= 15 is 0 Å². The minimum Gasteiger partial charge on any atom is -0.350 e. The number of amides is 2. The van der Waals surface area contributed by atoms with Gasteiger partial charge in [0.2, 0.25) is 0 Å². The van der Waals surface area contributed by atoms with Crippen LogP contribution in [0.3, 0.4) is 0 Å². The summed E-state index contributed by atoms with van der Waals surface area (Å²) in [6.07, 6.45) is 8.64. The molecule has 0 aromatic carbocycles. The van der Waals surface area contributed by atoms with Gasteiger partial charge in [0.1, 0.15) is 0 Å². The van der Waals surface area contributed by atoms with Crippen LogP contribution in [0.5, 0.6) is 0 Å². The van der Waals surface area contributed by atoms with E-state index in [9.17, 15) is 9.59 Å². The van der Waals surface area contributed by atoms with Crippen molar-refractivity contribution in [2.45, 2.75) is 58.0 Å². The lowest BCUT2D eigenvalue weighted by molar-refractivity contribution is 0.0927. The van der Waals surface area contributed by atoms with Gasteiger partial charge in [0.25, 0.3) is 11.8 Å². The van der Waals surface area contributed by atoms with Crippen molar-refractivity contribution in [1.29, 1.82) is 0 Å². The predicted molar refractivity (Wildman–Crippen MR) is 81.2 cm³/mol. The van der Waals surface area contributed by atoms with E-state index in [4.69, 9.17) is 0 Å². The molecule has 114 valence electrons. The van der Waals surface area contributed by atoms with Crippen LogP contribution in [0.4, 0.5) is 0 Å². The number of hydrogen-bond acceptors (Lipinski definition) is 3. The summed E-state index contributed by atoms with van der Waals surface area (Å²) in [6.45, 7) is 3.79. The molecule has 0 unspecified atom stereocenters. The number of rotatable bonds is 4. The van der Waals surface area contributed by atoms with Gasteiger partial charge in [0.15, 0.2) is 0 Å². The van der Waals surface area contributed by atoms with Crippen molar-refractivity contribution in [3.63, 3.8) is 0 Å². The monoisotopic (exact) mass is 289 g/mol. The molecule has 0 radical (unpaired) electrons. The summed E-state index contributed by atoms with van der Waals surface area (Å²) in [4.78, 5) is 28.2. The molecule has 0 bridgehead atoms. The van der Waals surface area contributed by atoms with Gasteiger partial charge in [0, 0.05) is 24.5 Å². The molecule has 1 fully saturated rings. The van der Waals surface area contributed by atoms with Crippen LogP contribution < -0.4 is 10.6 Å². The fourth-order valence-corrected chi connectivity index (χ4v) is 2.55. The zero-order chi connectivity index (χ0) is 15.2. The van der Waals surface area contributed by atoms with Crippen molar-refractivity contribution in [3.8, 4) is 0 Å². The van der Waals surface area contributed by atoms with Gasteiger partial charge in [-0.25, -0.2) is 0 Å². The fourth-order valence-electron chi connectivity index (χ4n) is 2.55. The third kappa shape index (κ3) is 4.55. The number of nitrogens with one attached hydrogen (secondary N) is 2. The van der Waals surface area contributed by atoms with E-state index < -0.39 is 0 Å². The summed E-state index contributed by atoms with van der Waals surface area (Å²) in [7, 11) is 0. The van der Waals surface area contributed by atoms with E-state index in [0.717, 1.165) is 12.8 Å². The molecule has 5 heteroatoms. The van der Waals surface area contributed by atoms with Crippen LogP contribution in [0.2, 0.25) is 0 Å². The molecule has 1 heterocycles. The number of carbonyl (C=O) groups excluding carboxylic acids is 2. The van der Waals surface area contributed by atoms with Crippen LogP contribution in [0.1, 0.15) is 66.7 Å². The normalized spacial score (nSPS) is 15.8. The van der Waals surface area contributed by atoms with Crippen LogP contribution in [0, 0.1) is 0 Å². The van der Waals surface area contributed by atoms with Crippen LogP contribution in [0.25, 0.3) is 0 Å². The summed E-state index contributed by atoms with van der Waals surface area (Å²) in [5.41, 5.74) is 0.858. The fraction of sp³-hybridized carbons (Fsp3) is 0.562. The van der Waals surface area contributed by atoms with Gasteiger partial charge in [-0.05, 0) is 32.8 Å². The lowest BCUT2D eigenvalue weighted by Crippen LogP contribution is -2.36. The van der Waals surface area contributed by atoms with Gasteiger partial charge in [0.05, 0.1) is 11.1 Å². The number of aromatic nitrogens is 1. The predicted octanol–water partition coefficient (Wildman–Crippen LogP) is 2.28. The molecule has 1 aliphatic carbocycles. The van der Waals surface area contributed by atoms with E-state index in [1.807, 2.05) is 13.8 Å². The van der Waals surface area contributed by atoms with Crippen molar-refractivity contribution >= 4 is 11.8 Å². The molecule has 1 aliphatic rings. The molecule has 2 N–H and O–H groups in total. The molecule has 2 amide bonds. The third-order valence-corrected chi connectivity index (χ3v) is 3.62. The number of carbonyl (C=O) groups is 2. The maximum absolute atomic E-state index is 12.2. The molecule has 0 aliphatic heterocycles. The quantitative estimate of drug-likeness (QED) is 0.893. The first kappa shape index (κ1) is 15.5. The van der Waals surface area contributed by atoms with Crippen molar-refractivity contribution in [1.82, 2.24) is 15.6 Å². The molecule has 1 aromatic rings. The van der Waals surface area contributed by atoms with E-state index in [2.05, 4.69) is 15.6 Å². The second-order valence-corrected chi connectivity index (χ2v) is 5.90. The van der Waals surface area contributed by atoms with Crippen LogP contribution >= 0.6 is 0 Å². The van der Waals surface area contributed by atoms with Crippen LogP contribution in [-0.2, 0) is 0 Å². The van der Waals surface area contributed by atoms with Gasteiger partial charge in [-0.2, -0.15) is 0 Å². The Kier molecular flexibility index (Phi) is 5.31. The minimum atomic E-state index is -0.204. The minimum absolute atomic E-state index is 0.0530. The van der Waals surface area contributed by atoms with E-state index in [1.165, 1.54) is 31.7 Å². The molecular weight excluding hydrogens is 266 g/mol. The lowest BCUT2D eigenvalue weighted by Gasteiger charge is -2.22. The molecule has 0 spiro atoms. The topological polar surface area (TPSA) is 71.1 Å². The van der Waals surface area contributed by atoms with Gasteiger partial charge < -0.3 is 10.6 Å². The Labute approximate surface area is 125 Å². The van der Waals surface area contributed by atoms with E-state index in [1.54, 1.807) is 6.07 Å². The molecular formula is C16H23N3O2. The molecule has 21 heavy (non-hydrogen) atoms. The molecule has 0 atom stereocenters.